The Balaban J connectivity index is 2.16. The Morgan fingerprint density at radius 3 is 1.26 bits per heavy atom. The molecule has 0 bridgehead atoms. The van der Waals surface area contributed by atoms with Gasteiger partial charge in [-0.15, -0.1) is 0 Å². The van der Waals surface area contributed by atoms with E-state index in [1.165, 1.54) is 0 Å². The van der Waals surface area contributed by atoms with E-state index in [0.717, 1.165) is 0 Å². The summed E-state index contributed by atoms with van der Waals surface area (Å²) in [5.74, 6) is 0. The number of hydrogen-bond acceptors (Lipinski definition) is 11. The number of hydrogen-bond donors (Lipinski definition) is 8. The van der Waals surface area contributed by atoms with Crippen LogP contribution in [0.25, 0.3) is 0 Å². The van der Waals surface area contributed by atoms with Gasteiger partial charge in [-0.1, -0.05) is 0 Å². The third-order valence-corrected chi connectivity index (χ3v) is 4.00. The Labute approximate surface area is 130 Å². The van der Waals surface area contributed by atoms with E-state index in [1.807, 2.05) is 0 Å². The van der Waals surface area contributed by atoms with Crippen molar-refractivity contribution < 1.29 is 55.1 Å². The SMILES string of the molecule is OC[C@H]1OC(O)[C@H](O)[C@@H](O[C@H]2[C@H](O)[C@@H](CO)OC(O)[C@@H]2O)[C@@H]1O. The van der Waals surface area contributed by atoms with Gasteiger partial charge in [-0.25, -0.2) is 0 Å². The van der Waals surface area contributed by atoms with Gasteiger partial charge < -0.3 is 55.1 Å². The van der Waals surface area contributed by atoms with Crippen LogP contribution in [0.3, 0.4) is 0 Å². The summed E-state index contributed by atoms with van der Waals surface area (Å²) in [4.78, 5) is 0. The molecule has 0 aromatic heterocycles. The predicted octanol–water partition coefficient (Wildman–Crippen LogP) is -5.40. The Bertz CT molecular complexity index is 348. The molecule has 0 aliphatic carbocycles. The van der Waals surface area contributed by atoms with Crippen LogP contribution in [0.1, 0.15) is 0 Å². The maximum absolute atomic E-state index is 10.0. The van der Waals surface area contributed by atoms with Crippen molar-refractivity contribution in [1.29, 1.82) is 0 Å². The summed E-state index contributed by atoms with van der Waals surface area (Å²) in [6.07, 6.45) is -15.8. The maximum atomic E-state index is 10.0. The summed E-state index contributed by atoms with van der Waals surface area (Å²) in [7, 11) is 0. The van der Waals surface area contributed by atoms with E-state index in [9.17, 15) is 30.6 Å². The molecule has 8 N–H and O–H groups in total. The van der Waals surface area contributed by atoms with Crippen LogP contribution in [-0.2, 0) is 14.2 Å². The molecule has 11 heteroatoms. The van der Waals surface area contributed by atoms with Crippen LogP contribution in [-0.4, -0.2) is 115 Å². The summed E-state index contributed by atoms with van der Waals surface area (Å²) < 4.78 is 14.8. The van der Waals surface area contributed by atoms with E-state index < -0.39 is 74.6 Å². The largest absolute Gasteiger partial charge is 0.394 e. The fourth-order valence-electron chi connectivity index (χ4n) is 2.64. The minimum absolute atomic E-state index is 0.675. The summed E-state index contributed by atoms with van der Waals surface area (Å²) in [6.45, 7) is -1.35. The molecule has 2 saturated heterocycles. The van der Waals surface area contributed by atoms with Gasteiger partial charge >= 0.3 is 0 Å². The molecule has 11 nitrogen and oxygen atoms in total. The van der Waals surface area contributed by atoms with Crippen LogP contribution in [0, 0.1) is 0 Å². The van der Waals surface area contributed by atoms with E-state index in [-0.39, 0.29) is 0 Å². The Hall–Kier alpha value is -0.440. The molecule has 2 heterocycles. The molecule has 2 fully saturated rings. The van der Waals surface area contributed by atoms with E-state index in [2.05, 4.69) is 0 Å². The second-order valence-electron chi connectivity index (χ2n) is 5.52. The molecule has 136 valence electrons. The molecule has 2 aliphatic rings. The molecular formula is C12H22O11. The fraction of sp³-hybridized carbons (Fsp3) is 1.00. The van der Waals surface area contributed by atoms with Crippen molar-refractivity contribution in [3.05, 3.63) is 0 Å². The average Bonchev–Trinajstić information content (AvgIpc) is 2.53. The summed E-state index contributed by atoms with van der Waals surface area (Å²) in [5, 5.41) is 77.1. The Morgan fingerprint density at radius 2 is 0.957 bits per heavy atom. The predicted molar refractivity (Wildman–Crippen MR) is 68.6 cm³/mol. The van der Waals surface area contributed by atoms with Crippen LogP contribution in [0.15, 0.2) is 0 Å². The highest BCUT2D eigenvalue weighted by atomic mass is 16.7. The van der Waals surface area contributed by atoms with Gasteiger partial charge in [0.15, 0.2) is 12.6 Å². The zero-order valence-electron chi connectivity index (χ0n) is 12.0. The van der Waals surface area contributed by atoms with E-state index in [0.29, 0.717) is 0 Å². The van der Waals surface area contributed by atoms with Crippen LogP contribution < -0.4 is 0 Å². The molecule has 0 radical (unpaired) electrons. The van der Waals surface area contributed by atoms with E-state index in [4.69, 9.17) is 24.4 Å². The van der Waals surface area contributed by atoms with Gasteiger partial charge in [0.05, 0.1) is 13.2 Å². The summed E-state index contributed by atoms with van der Waals surface area (Å²) in [6, 6.07) is 0. The van der Waals surface area contributed by atoms with Gasteiger partial charge in [0.1, 0.15) is 48.8 Å². The first-order valence-electron chi connectivity index (χ1n) is 7.08. The minimum Gasteiger partial charge on any atom is -0.394 e. The lowest BCUT2D eigenvalue weighted by atomic mass is 9.95. The third-order valence-electron chi connectivity index (χ3n) is 4.00. The first-order valence-corrected chi connectivity index (χ1v) is 7.08. The highest BCUT2D eigenvalue weighted by Gasteiger charge is 2.50. The molecule has 2 rings (SSSR count). The van der Waals surface area contributed by atoms with Gasteiger partial charge in [0, 0.05) is 0 Å². The van der Waals surface area contributed by atoms with E-state index >= 15 is 0 Å². The van der Waals surface area contributed by atoms with Crippen molar-refractivity contribution in [3.63, 3.8) is 0 Å². The van der Waals surface area contributed by atoms with Crippen molar-refractivity contribution in [2.45, 2.75) is 61.4 Å². The van der Waals surface area contributed by atoms with Gasteiger partial charge in [-0.2, -0.15) is 0 Å². The highest BCUT2D eigenvalue weighted by molar-refractivity contribution is 4.95. The molecule has 0 saturated carbocycles. The van der Waals surface area contributed by atoms with Gasteiger partial charge in [0.25, 0.3) is 0 Å². The van der Waals surface area contributed by atoms with Crippen molar-refractivity contribution in [2.75, 3.05) is 13.2 Å². The first kappa shape index (κ1) is 18.9. The standard InChI is InChI=1S/C12H22O11/c13-1-3-5(15)9(7(17)11(19)21-3)23-10-6(16)4(2-14)22-12(20)8(10)18/h3-20H,1-2H2/t3-,4-,5-,6-,7-,8-,9+,10+,11?,12?/m1/s1. The Kier molecular flexibility index (Phi) is 6.27. The van der Waals surface area contributed by atoms with Gasteiger partial charge in [-0.3, -0.25) is 0 Å². The lowest BCUT2D eigenvalue weighted by Crippen LogP contribution is -2.65. The number of aliphatic hydroxyl groups is 8. The molecule has 0 amide bonds. The lowest BCUT2D eigenvalue weighted by Gasteiger charge is -2.45. The third kappa shape index (κ3) is 3.65. The minimum atomic E-state index is -1.77. The second-order valence-corrected chi connectivity index (χ2v) is 5.52. The van der Waals surface area contributed by atoms with Crippen LogP contribution in [0.5, 0.6) is 0 Å². The van der Waals surface area contributed by atoms with Crippen LogP contribution in [0.2, 0.25) is 0 Å². The highest BCUT2D eigenvalue weighted by Crippen LogP contribution is 2.28. The zero-order chi connectivity index (χ0) is 17.3. The quantitative estimate of drug-likeness (QED) is 0.243. The number of ether oxygens (including phenoxy) is 3. The normalized spacial score (nSPS) is 51.7. The molecular weight excluding hydrogens is 320 g/mol. The molecule has 10 atom stereocenters. The molecule has 0 aromatic carbocycles. The zero-order valence-corrected chi connectivity index (χ0v) is 12.0. The molecule has 23 heavy (non-hydrogen) atoms. The molecule has 0 spiro atoms. The smallest absolute Gasteiger partial charge is 0.184 e. The lowest BCUT2D eigenvalue weighted by molar-refractivity contribution is -0.338. The maximum Gasteiger partial charge on any atom is 0.184 e. The summed E-state index contributed by atoms with van der Waals surface area (Å²) in [5.41, 5.74) is 0. The molecule has 0 aromatic rings. The second kappa shape index (κ2) is 7.63. The summed E-state index contributed by atoms with van der Waals surface area (Å²) >= 11 is 0. The fourth-order valence-corrected chi connectivity index (χ4v) is 2.64. The van der Waals surface area contributed by atoms with Crippen molar-refractivity contribution in [2.24, 2.45) is 0 Å². The Morgan fingerprint density at radius 1 is 0.609 bits per heavy atom. The van der Waals surface area contributed by atoms with Gasteiger partial charge in [-0.05, 0) is 0 Å². The van der Waals surface area contributed by atoms with E-state index in [1.54, 1.807) is 0 Å². The number of aliphatic hydroxyl groups excluding tert-OH is 8. The van der Waals surface area contributed by atoms with Crippen molar-refractivity contribution in [1.82, 2.24) is 0 Å². The molecule has 2 unspecified atom stereocenters. The molecule has 2 aliphatic heterocycles. The monoisotopic (exact) mass is 342 g/mol. The van der Waals surface area contributed by atoms with Crippen molar-refractivity contribution in [3.8, 4) is 0 Å². The van der Waals surface area contributed by atoms with Crippen LogP contribution >= 0.6 is 0 Å². The average molecular weight is 342 g/mol. The van der Waals surface area contributed by atoms with Gasteiger partial charge in [0.2, 0.25) is 0 Å². The van der Waals surface area contributed by atoms with Crippen LogP contribution in [0.4, 0.5) is 0 Å². The van der Waals surface area contributed by atoms with Crippen molar-refractivity contribution >= 4 is 0 Å². The topological polar surface area (TPSA) is 190 Å². The first-order chi connectivity index (χ1) is 10.8. The number of rotatable bonds is 4.